The third kappa shape index (κ3) is 1.62. The van der Waals surface area contributed by atoms with Gasteiger partial charge in [0.05, 0.1) is 7.11 Å². The highest BCUT2D eigenvalue weighted by molar-refractivity contribution is 6.02. The summed E-state index contributed by atoms with van der Waals surface area (Å²) in [6.45, 7) is 0. The van der Waals surface area contributed by atoms with Crippen LogP contribution in [-0.2, 0) is 4.79 Å². The molecule has 0 spiro atoms. The number of methoxy groups -OCH3 is 1. The number of ether oxygens (including phenoxy) is 2. The topological polar surface area (TPSA) is 35.5 Å². The van der Waals surface area contributed by atoms with E-state index in [-0.39, 0.29) is 11.9 Å². The third-order valence-corrected chi connectivity index (χ3v) is 3.34. The van der Waals surface area contributed by atoms with Gasteiger partial charge in [0.1, 0.15) is 6.10 Å². The number of Topliss-reactive ketones (excluding diaryl/α,β-unsaturated/α-hetero) is 1. The molecule has 1 aliphatic carbocycles. The van der Waals surface area contributed by atoms with E-state index in [1.807, 2.05) is 24.3 Å². The third-order valence-electron chi connectivity index (χ3n) is 3.34. The van der Waals surface area contributed by atoms with Crippen LogP contribution < -0.4 is 9.47 Å². The number of fused-ring (bicyclic) bond motifs is 2. The van der Waals surface area contributed by atoms with Crippen molar-refractivity contribution in [3.63, 3.8) is 0 Å². The molecule has 1 aromatic carbocycles. The Morgan fingerprint density at radius 1 is 1.41 bits per heavy atom. The Morgan fingerprint density at radius 3 is 3.12 bits per heavy atom. The fourth-order valence-electron chi connectivity index (χ4n) is 2.47. The van der Waals surface area contributed by atoms with Crippen molar-refractivity contribution in [1.29, 1.82) is 0 Å². The molecule has 1 aromatic rings. The van der Waals surface area contributed by atoms with Crippen LogP contribution in [0.2, 0.25) is 0 Å². The van der Waals surface area contributed by atoms with Crippen molar-refractivity contribution in [3.8, 4) is 11.5 Å². The van der Waals surface area contributed by atoms with Crippen molar-refractivity contribution in [3.05, 3.63) is 29.3 Å². The van der Waals surface area contributed by atoms with E-state index in [0.717, 1.165) is 35.5 Å². The van der Waals surface area contributed by atoms with E-state index in [9.17, 15) is 4.79 Å². The van der Waals surface area contributed by atoms with Gasteiger partial charge in [-0.2, -0.15) is 0 Å². The Hall–Kier alpha value is -1.77. The van der Waals surface area contributed by atoms with Gasteiger partial charge < -0.3 is 9.47 Å². The molecule has 0 radical (unpaired) electrons. The number of benzene rings is 1. The Labute approximate surface area is 100 Å². The van der Waals surface area contributed by atoms with Crippen LogP contribution in [0.1, 0.15) is 24.8 Å². The predicted octanol–water partition coefficient (Wildman–Crippen LogP) is 2.59. The number of hydrogen-bond donors (Lipinski definition) is 0. The molecular weight excluding hydrogens is 216 g/mol. The summed E-state index contributed by atoms with van der Waals surface area (Å²) in [6.07, 6.45) is 4.33. The lowest BCUT2D eigenvalue weighted by molar-refractivity contribution is -0.117. The van der Waals surface area contributed by atoms with Crippen LogP contribution in [0.3, 0.4) is 0 Å². The summed E-state index contributed by atoms with van der Waals surface area (Å²) in [5.41, 5.74) is 1.75. The molecular formula is C14H14O3. The van der Waals surface area contributed by atoms with Crippen molar-refractivity contribution in [2.75, 3.05) is 7.11 Å². The van der Waals surface area contributed by atoms with Gasteiger partial charge in [0.2, 0.25) is 0 Å². The van der Waals surface area contributed by atoms with Gasteiger partial charge in [0.15, 0.2) is 17.3 Å². The number of hydrogen-bond acceptors (Lipinski definition) is 3. The van der Waals surface area contributed by atoms with E-state index >= 15 is 0 Å². The first-order valence-electron chi connectivity index (χ1n) is 5.88. The molecule has 3 nitrogen and oxygen atoms in total. The molecule has 1 aliphatic heterocycles. The van der Waals surface area contributed by atoms with Crippen LogP contribution in [0.15, 0.2) is 23.8 Å². The van der Waals surface area contributed by atoms with Crippen molar-refractivity contribution in [2.24, 2.45) is 0 Å². The van der Waals surface area contributed by atoms with Crippen LogP contribution >= 0.6 is 0 Å². The molecule has 1 saturated carbocycles. The van der Waals surface area contributed by atoms with Gasteiger partial charge in [0.25, 0.3) is 0 Å². The molecule has 1 fully saturated rings. The zero-order chi connectivity index (χ0) is 11.8. The fourth-order valence-corrected chi connectivity index (χ4v) is 2.47. The number of carbonyl (C=O) groups excluding carboxylic acids is 1. The summed E-state index contributed by atoms with van der Waals surface area (Å²) in [5, 5.41) is 0. The molecule has 0 bridgehead atoms. The maximum atomic E-state index is 11.8. The number of para-hydroxylation sites is 1. The van der Waals surface area contributed by atoms with Crippen LogP contribution in [-0.4, -0.2) is 19.0 Å². The molecule has 0 N–H and O–H groups in total. The van der Waals surface area contributed by atoms with Gasteiger partial charge in [0, 0.05) is 17.6 Å². The van der Waals surface area contributed by atoms with Crippen LogP contribution in [0.5, 0.6) is 11.5 Å². The minimum atomic E-state index is -0.0833. The monoisotopic (exact) mass is 230 g/mol. The van der Waals surface area contributed by atoms with Crippen molar-refractivity contribution >= 4 is 11.9 Å². The summed E-state index contributed by atoms with van der Waals surface area (Å²) < 4.78 is 11.2. The molecule has 3 rings (SSSR count). The average Bonchev–Trinajstić information content (AvgIpc) is 2.36. The Bertz CT molecular complexity index is 502. The zero-order valence-electron chi connectivity index (χ0n) is 9.73. The summed E-state index contributed by atoms with van der Waals surface area (Å²) in [5.74, 6) is 1.71. The Morgan fingerprint density at radius 2 is 2.29 bits per heavy atom. The largest absolute Gasteiger partial charge is 0.493 e. The minimum absolute atomic E-state index is 0.0833. The number of rotatable bonds is 1. The molecule has 0 amide bonds. The second-order valence-corrected chi connectivity index (χ2v) is 4.40. The van der Waals surface area contributed by atoms with E-state index in [1.165, 1.54) is 0 Å². The van der Waals surface area contributed by atoms with E-state index in [4.69, 9.17) is 9.47 Å². The second-order valence-electron chi connectivity index (χ2n) is 4.40. The fraction of sp³-hybridized carbons (Fsp3) is 0.357. The first-order valence-corrected chi connectivity index (χ1v) is 5.88. The molecule has 17 heavy (non-hydrogen) atoms. The van der Waals surface area contributed by atoms with Crippen molar-refractivity contribution in [2.45, 2.75) is 25.4 Å². The Kier molecular flexibility index (Phi) is 2.39. The smallest absolute Gasteiger partial charge is 0.169 e. The highest BCUT2D eigenvalue weighted by atomic mass is 16.5. The SMILES string of the molecule is COc1cccc2c1O[C@@H]1CCCC(=O)C1=C2. The number of ketones is 1. The number of carbonyl (C=O) groups is 1. The zero-order valence-corrected chi connectivity index (χ0v) is 9.73. The van der Waals surface area contributed by atoms with Crippen molar-refractivity contribution in [1.82, 2.24) is 0 Å². The quantitative estimate of drug-likeness (QED) is 0.743. The highest BCUT2D eigenvalue weighted by Gasteiger charge is 2.31. The molecule has 0 saturated heterocycles. The average molecular weight is 230 g/mol. The summed E-state index contributed by atoms with van der Waals surface area (Å²) >= 11 is 0. The van der Waals surface area contributed by atoms with E-state index < -0.39 is 0 Å². The van der Waals surface area contributed by atoms with Gasteiger partial charge in [-0.25, -0.2) is 0 Å². The van der Waals surface area contributed by atoms with E-state index in [1.54, 1.807) is 7.11 Å². The molecule has 3 heteroatoms. The standard InChI is InChI=1S/C14H14O3/c1-16-13-7-2-4-9-8-10-11(15)5-3-6-12(10)17-14(9)13/h2,4,7-8,12H,3,5-6H2,1H3/t12-/m1/s1. The molecule has 2 aliphatic rings. The molecule has 88 valence electrons. The van der Waals surface area contributed by atoms with Crippen molar-refractivity contribution < 1.29 is 14.3 Å². The predicted molar refractivity (Wildman–Crippen MR) is 64.2 cm³/mol. The van der Waals surface area contributed by atoms with Gasteiger partial charge in [-0.05, 0) is 25.0 Å². The van der Waals surface area contributed by atoms with Gasteiger partial charge in [-0.3, -0.25) is 4.79 Å². The Balaban J connectivity index is 2.10. The van der Waals surface area contributed by atoms with E-state index in [2.05, 4.69) is 0 Å². The van der Waals surface area contributed by atoms with E-state index in [0.29, 0.717) is 6.42 Å². The van der Waals surface area contributed by atoms with Crippen LogP contribution in [0.25, 0.3) is 6.08 Å². The lowest BCUT2D eigenvalue weighted by atomic mass is 9.87. The van der Waals surface area contributed by atoms with Crippen LogP contribution in [0.4, 0.5) is 0 Å². The molecule has 0 aromatic heterocycles. The van der Waals surface area contributed by atoms with Gasteiger partial charge in [-0.1, -0.05) is 12.1 Å². The summed E-state index contributed by atoms with van der Waals surface area (Å²) in [7, 11) is 1.63. The van der Waals surface area contributed by atoms with Gasteiger partial charge >= 0.3 is 0 Å². The maximum absolute atomic E-state index is 11.8. The molecule has 1 heterocycles. The van der Waals surface area contributed by atoms with Crippen LogP contribution in [0, 0.1) is 0 Å². The first-order chi connectivity index (χ1) is 8.29. The second kappa shape index (κ2) is 3.91. The summed E-state index contributed by atoms with van der Waals surface area (Å²) in [6, 6.07) is 5.73. The lowest BCUT2D eigenvalue weighted by Gasteiger charge is -2.30. The molecule has 0 unspecified atom stereocenters. The molecule has 1 atom stereocenters. The van der Waals surface area contributed by atoms with Gasteiger partial charge in [-0.15, -0.1) is 0 Å². The summed E-state index contributed by atoms with van der Waals surface area (Å²) in [4.78, 5) is 11.8. The normalized spacial score (nSPS) is 22.1. The maximum Gasteiger partial charge on any atom is 0.169 e. The first kappa shape index (κ1) is 10.4. The minimum Gasteiger partial charge on any atom is -0.493 e. The highest BCUT2D eigenvalue weighted by Crippen LogP contribution is 2.40. The lowest BCUT2D eigenvalue weighted by Crippen LogP contribution is -2.31.